The van der Waals surface area contributed by atoms with E-state index in [9.17, 15) is 4.39 Å². The Kier molecular flexibility index (Phi) is 4.94. The lowest BCUT2D eigenvalue weighted by atomic mass is 9.85. The molecule has 0 aromatic heterocycles. The standard InChI is InChI=1S/C16H25FN2/c1-12(2)18-11-14-5-4-10-19(3)16(14)13-6-8-15(17)9-7-13/h6-9,12,14,16,18H,4-5,10-11H2,1-3H3. The van der Waals surface area contributed by atoms with Gasteiger partial charge in [-0.05, 0) is 50.0 Å². The minimum Gasteiger partial charge on any atom is -0.314 e. The first-order valence-corrected chi connectivity index (χ1v) is 7.27. The lowest BCUT2D eigenvalue weighted by Gasteiger charge is -2.40. The quantitative estimate of drug-likeness (QED) is 0.898. The van der Waals surface area contributed by atoms with Gasteiger partial charge in [0.1, 0.15) is 5.82 Å². The smallest absolute Gasteiger partial charge is 0.123 e. The number of rotatable bonds is 4. The molecule has 0 spiro atoms. The molecule has 0 aliphatic carbocycles. The average molecular weight is 264 g/mol. The van der Waals surface area contributed by atoms with Gasteiger partial charge in [0.25, 0.3) is 0 Å². The summed E-state index contributed by atoms with van der Waals surface area (Å²) >= 11 is 0. The summed E-state index contributed by atoms with van der Waals surface area (Å²) in [6.45, 7) is 6.52. The van der Waals surface area contributed by atoms with Crippen LogP contribution in [0.4, 0.5) is 4.39 Å². The van der Waals surface area contributed by atoms with Crippen LogP contribution in [0.5, 0.6) is 0 Å². The fourth-order valence-corrected chi connectivity index (χ4v) is 3.05. The molecule has 0 saturated carbocycles. The van der Waals surface area contributed by atoms with Crippen LogP contribution in [0, 0.1) is 11.7 Å². The van der Waals surface area contributed by atoms with Crippen molar-refractivity contribution in [3.63, 3.8) is 0 Å². The predicted octanol–water partition coefficient (Wildman–Crippen LogP) is 3.21. The Labute approximate surface area is 116 Å². The maximum atomic E-state index is 13.1. The second-order valence-corrected chi connectivity index (χ2v) is 5.94. The van der Waals surface area contributed by atoms with E-state index in [2.05, 4.69) is 31.1 Å². The lowest BCUT2D eigenvalue weighted by molar-refractivity contribution is 0.118. The summed E-state index contributed by atoms with van der Waals surface area (Å²) < 4.78 is 13.1. The molecule has 106 valence electrons. The molecule has 1 aromatic rings. The molecule has 2 unspecified atom stereocenters. The third-order valence-corrected chi connectivity index (χ3v) is 4.01. The zero-order valence-corrected chi connectivity index (χ0v) is 12.2. The highest BCUT2D eigenvalue weighted by atomic mass is 19.1. The fourth-order valence-electron chi connectivity index (χ4n) is 3.05. The minimum atomic E-state index is -0.154. The SMILES string of the molecule is CC(C)NCC1CCCN(C)C1c1ccc(F)cc1. The summed E-state index contributed by atoms with van der Waals surface area (Å²) in [5.74, 6) is 0.450. The van der Waals surface area contributed by atoms with E-state index < -0.39 is 0 Å². The molecule has 19 heavy (non-hydrogen) atoms. The fraction of sp³-hybridized carbons (Fsp3) is 0.625. The van der Waals surface area contributed by atoms with Crippen LogP contribution in [0.1, 0.15) is 38.3 Å². The van der Waals surface area contributed by atoms with Gasteiger partial charge in [-0.25, -0.2) is 4.39 Å². The molecule has 1 fully saturated rings. The molecule has 1 N–H and O–H groups in total. The maximum absolute atomic E-state index is 13.1. The van der Waals surface area contributed by atoms with Gasteiger partial charge in [0, 0.05) is 18.6 Å². The number of piperidine rings is 1. The van der Waals surface area contributed by atoms with Crippen molar-refractivity contribution in [3.8, 4) is 0 Å². The Morgan fingerprint density at radius 1 is 1.32 bits per heavy atom. The maximum Gasteiger partial charge on any atom is 0.123 e. The molecule has 2 nitrogen and oxygen atoms in total. The van der Waals surface area contributed by atoms with Crippen molar-refractivity contribution in [3.05, 3.63) is 35.6 Å². The third-order valence-electron chi connectivity index (χ3n) is 4.01. The van der Waals surface area contributed by atoms with Crippen LogP contribution in [-0.2, 0) is 0 Å². The number of nitrogens with one attached hydrogen (secondary N) is 1. The van der Waals surface area contributed by atoms with Gasteiger partial charge in [-0.2, -0.15) is 0 Å². The number of hydrogen-bond acceptors (Lipinski definition) is 2. The highest BCUT2D eigenvalue weighted by molar-refractivity contribution is 5.21. The molecule has 0 bridgehead atoms. The molecule has 1 saturated heterocycles. The van der Waals surface area contributed by atoms with Gasteiger partial charge in [0.2, 0.25) is 0 Å². The number of benzene rings is 1. The Bertz CT molecular complexity index is 388. The summed E-state index contributed by atoms with van der Waals surface area (Å²) in [5.41, 5.74) is 1.24. The number of nitrogens with zero attached hydrogens (tertiary/aromatic N) is 1. The molecule has 0 radical (unpaired) electrons. The van der Waals surface area contributed by atoms with Crippen molar-refractivity contribution in [2.75, 3.05) is 20.1 Å². The van der Waals surface area contributed by atoms with Gasteiger partial charge in [-0.15, -0.1) is 0 Å². The normalized spacial score (nSPS) is 24.9. The summed E-state index contributed by atoms with van der Waals surface area (Å²) in [6, 6.07) is 7.94. The zero-order chi connectivity index (χ0) is 13.8. The molecule has 1 aromatic carbocycles. The number of likely N-dealkylation sites (tertiary alicyclic amines) is 1. The Morgan fingerprint density at radius 3 is 2.63 bits per heavy atom. The van der Waals surface area contributed by atoms with Crippen LogP contribution in [0.15, 0.2) is 24.3 Å². The van der Waals surface area contributed by atoms with Crippen LogP contribution in [0.2, 0.25) is 0 Å². The van der Waals surface area contributed by atoms with Gasteiger partial charge in [0.05, 0.1) is 0 Å². The molecular formula is C16H25FN2. The van der Waals surface area contributed by atoms with Crippen molar-refractivity contribution in [2.24, 2.45) is 5.92 Å². The Hall–Kier alpha value is -0.930. The van der Waals surface area contributed by atoms with Gasteiger partial charge >= 0.3 is 0 Å². The molecular weight excluding hydrogens is 239 g/mol. The van der Waals surface area contributed by atoms with Crippen molar-refractivity contribution < 1.29 is 4.39 Å². The van der Waals surface area contributed by atoms with E-state index in [-0.39, 0.29) is 5.82 Å². The monoisotopic (exact) mass is 264 g/mol. The molecule has 1 heterocycles. The van der Waals surface area contributed by atoms with Crippen LogP contribution in [0.25, 0.3) is 0 Å². The second-order valence-electron chi connectivity index (χ2n) is 5.94. The largest absolute Gasteiger partial charge is 0.314 e. The summed E-state index contributed by atoms with van der Waals surface area (Å²) in [4.78, 5) is 2.41. The zero-order valence-electron chi connectivity index (χ0n) is 12.2. The van der Waals surface area contributed by atoms with Crippen LogP contribution < -0.4 is 5.32 Å². The molecule has 2 atom stereocenters. The number of hydrogen-bond donors (Lipinski definition) is 1. The third kappa shape index (κ3) is 3.77. The first kappa shape index (κ1) is 14.5. The van der Waals surface area contributed by atoms with Crippen LogP contribution in [-0.4, -0.2) is 31.1 Å². The minimum absolute atomic E-state index is 0.154. The predicted molar refractivity (Wildman–Crippen MR) is 77.6 cm³/mol. The molecule has 1 aliphatic heterocycles. The summed E-state index contributed by atoms with van der Waals surface area (Å²) in [7, 11) is 2.18. The second kappa shape index (κ2) is 6.49. The number of halogens is 1. The first-order valence-electron chi connectivity index (χ1n) is 7.27. The van der Waals surface area contributed by atoms with E-state index in [0.29, 0.717) is 18.0 Å². The van der Waals surface area contributed by atoms with Gasteiger partial charge in [-0.3, -0.25) is 4.90 Å². The van der Waals surface area contributed by atoms with Crippen molar-refractivity contribution in [1.29, 1.82) is 0 Å². The van der Waals surface area contributed by atoms with Crippen molar-refractivity contribution in [1.82, 2.24) is 10.2 Å². The average Bonchev–Trinajstić information content (AvgIpc) is 2.38. The van der Waals surface area contributed by atoms with E-state index in [4.69, 9.17) is 0 Å². The highest BCUT2D eigenvalue weighted by Gasteiger charge is 2.30. The van der Waals surface area contributed by atoms with E-state index in [1.165, 1.54) is 18.4 Å². The summed E-state index contributed by atoms with van der Waals surface area (Å²) in [6.07, 6.45) is 2.49. The van der Waals surface area contributed by atoms with Crippen LogP contribution in [0.3, 0.4) is 0 Å². The topological polar surface area (TPSA) is 15.3 Å². The molecule has 3 heteroatoms. The van der Waals surface area contributed by atoms with Crippen molar-refractivity contribution in [2.45, 2.75) is 38.8 Å². The Balaban J connectivity index is 2.13. The van der Waals surface area contributed by atoms with Crippen molar-refractivity contribution >= 4 is 0 Å². The first-order chi connectivity index (χ1) is 9.08. The van der Waals surface area contributed by atoms with Gasteiger partial charge < -0.3 is 5.32 Å². The summed E-state index contributed by atoms with van der Waals surface area (Å²) in [5, 5.41) is 3.55. The lowest BCUT2D eigenvalue weighted by Crippen LogP contribution is -2.41. The van der Waals surface area contributed by atoms with Crippen LogP contribution >= 0.6 is 0 Å². The van der Waals surface area contributed by atoms with E-state index in [1.807, 2.05) is 12.1 Å². The Morgan fingerprint density at radius 2 is 2.00 bits per heavy atom. The van der Waals surface area contributed by atoms with E-state index >= 15 is 0 Å². The van der Waals surface area contributed by atoms with Gasteiger partial charge in [-0.1, -0.05) is 26.0 Å². The highest BCUT2D eigenvalue weighted by Crippen LogP contribution is 2.34. The molecule has 2 rings (SSSR count). The molecule has 1 aliphatic rings. The van der Waals surface area contributed by atoms with E-state index in [0.717, 1.165) is 13.1 Å². The van der Waals surface area contributed by atoms with Gasteiger partial charge in [0.15, 0.2) is 0 Å². The molecule has 0 amide bonds. The van der Waals surface area contributed by atoms with E-state index in [1.54, 1.807) is 12.1 Å².